The number of rotatable bonds is 3. The standard InChI is InChI=1S/C17H20N2/c1-13-12-19(17(13)18)16(14-8-4-2-5-9-14)15-10-6-3-7-11-15/h2-11,13,16-17H,12,18H2,1H3. The zero-order valence-electron chi connectivity index (χ0n) is 11.2. The van der Waals surface area contributed by atoms with Crippen LogP contribution in [0.2, 0.25) is 0 Å². The summed E-state index contributed by atoms with van der Waals surface area (Å²) in [6.07, 6.45) is 0.158. The van der Waals surface area contributed by atoms with Gasteiger partial charge in [0.2, 0.25) is 0 Å². The molecule has 98 valence electrons. The minimum Gasteiger partial charge on any atom is -0.315 e. The SMILES string of the molecule is CC1CN(C(c2ccccc2)c2ccccc2)C1N. The Labute approximate surface area is 114 Å². The smallest absolute Gasteiger partial charge is 0.0618 e. The third kappa shape index (κ3) is 2.29. The number of nitrogens with zero attached hydrogens (tertiary/aromatic N) is 1. The van der Waals surface area contributed by atoms with E-state index in [-0.39, 0.29) is 12.2 Å². The lowest BCUT2D eigenvalue weighted by molar-refractivity contribution is 0.00225. The van der Waals surface area contributed by atoms with Gasteiger partial charge in [0, 0.05) is 6.54 Å². The average Bonchev–Trinajstić information content (AvgIpc) is 2.49. The first-order valence-corrected chi connectivity index (χ1v) is 6.88. The summed E-state index contributed by atoms with van der Waals surface area (Å²) in [5.41, 5.74) is 8.90. The quantitative estimate of drug-likeness (QED) is 0.910. The van der Waals surface area contributed by atoms with Crippen molar-refractivity contribution in [2.45, 2.75) is 19.1 Å². The minimum atomic E-state index is 0.158. The zero-order valence-corrected chi connectivity index (χ0v) is 11.2. The van der Waals surface area contributed by atoms with Gasteiger partial charge in [0.15, 0.2) is 0 Å². The van der Waals surface area contributed by atoms with Crippen molar-refractivity contribution in [2.75, 3.05) is 6.54 Å². The summed E-state index contributed by atoms with van der Waals surface area (Å²) in [6.45, 7) is 3.28. The van der Waals surface area contributed by atoms with E-state index in [0.717, 1.165) is 6.54 Å². The maximum absolute atomic E-state index is 6.27. The molecule has 2 atom stereocenters. The summed E-state index contributed by atoms with van der Waals surface area (Å²) >= 11 is 0. The van der Waals surface area contributed by atoms with Crippen molar-refractivity contribution in [3.8, 4) is 0 Å². The lowest BCUT2D eigenvalue weighted by atomic mass is 9.89. The van der Waals surface area contributed by atoms with Gasteiger partial charge in [0.1, 0.15) is 0 Å². The summed E-state index contributed by atoms with van der Waals surface area (Å²) in [5.74, 6) is 0.579. The van der Waals surface area contributed by atoms with Gasteiger partial charge in [-0.3, -0.25) is 4.90 Å². The second kappa shape index (κ2) is 5.16. The average molecular weight is 252 g/mol. The highest BCUT2D eigenvalue weighted by Crippen LogP contribution is 2.36. The molecule has 2 nitrogen and oxygen atoms in total. The van der Waals surface area contributed by atoms with Crippen LogP contribution in [-0.2, 0) is 0 Å². The zero-order chi connectivity index (χ0) is 13.2. The first kappa shape index (κ1) is 12.4. The summed E-state index contributed by atoms with van der Waals surface area (Å²) in [5, 5.41) is 0. The van der Waals surface area contributed by atoms with E-state index in [0.29, 0.717) is 5.92 Å². The highest BCUT2D eigenvalue weighted by Gasteiger charge is 2.38. The van der Waals surface area contributed by atoms with Crippen molar-refractivity contribution < 1.29 is 0 Å². The Balaban J connectivity index is 1.97. The van der Waals surface area contributed by atoms with Crippen LogP contribution in [0.15, 0.2) is 60.7 Å². The van der Waals surface area contributed by atoms with E-state index >= 15 is 0 Å². The summed E-state index contributed by atoms with van der Waals surface area (Å²) < 4.78 is 0. The lowest BCUT2D eigenvalue weighted by Crippen LogP contribution is -2.61. The molecule has 0 radical (unpaired) electrons. The maximum Gasteiger partial charge on any atom is 0.0618 e. The molecule has 2 unspecified atom stereocenters. The first-order valence-electron chi connectivity index (χ1n) is 6.88. The van der Waals surface area contributed by atoms with Gasteiger partial charge in [0.25, 0.3) is 0 Å². The third-order valence-corrected chi connectivity index (χ3v) is 4.03. The predicted octanol–water partition coefficient (Wildman–Crippen LogP) is 3.01. The van der Waals surface area contributed by atoms with Crippen molar-refractivity contribution in [3.05, 3.63) is 71.8 Å². The summed E-state index contributed by atoms with van der Waals surface area (Å²) in [6, 6.07) is 21.5. The molecule has 0 aliphatic carbocycles. The molecule has 0 aromatic heterocycles. The molecule has 1 aliphatic heterocycles. The van der Waals surface area contributed by atoms with E-state index in [9.17, 15) is 0 Å². The van der Waals surface area contributed by atoms with E-state index in [1.165, 1.54) is 11.1 Å². The van der Waals surface area contributed by atoms with Gasteiger partial charge in [-0.15, -0.1) is 0 Å². The molecule has 1 aliphatic rings. The molecule has 0 bridgehead atoms. The molecule has 2 N–H and O–H groups in total. The fraction of sp³-hybridized carbons (Fsp3) is 0.294. The van der Waals surface area contributed by atoms with Crippen molar-refractivity contribution in [3.63, 3.8) is 0 Å². The van der Waals surface area contributed by atoms with Gasteiger partial charge < -0.3 is 5.73 Å². The van der Waals surface area contributed by atoms with Gasteiger partial charge >= 0.3 is 0 Å². The van der Waals surface area contributed by atoms with Crippen molar-refractivity contribution >= 4 is 0 Å². The van der Waals surface area contributed by atoms with Crippen molar-refractivity contribution in [2.24, 2.45) is 11.7 Å². The predicted molar refractivity (Wildman–Crippen MR) is 78.6 cm³/mol. The highest BCUT2D eigenvalue weighted by atomic mass is 15.3. The minimum absolute atomic E-state index is 0.158. The van der Waals surface area contributed by atoms with Crippen LogP contribution in [0.3, 0.4) is 0 Å². The van der Waals surface area contributed by atoms with Crippen molar-refractivity contribution in [1.82, 2.24) is 4.90 Å². The molecular weight excluding hydrogens is 232 g/mol. The number of benzene rings is 2. The molecule has 1 fully saturated rings. The second-order valence-corrected chi connectivity index (χ2v) is 5.39. The molecular formula is C17H20N2. The highest BCUT2D eigenvalue weighted by molar-refractivity contribution is 5.32. The normalized spacial score (nSPS) is 23.3. The Kier molecular flexibility index (Phi) is 3.36. The first-order chi connectivity index (χ1) is 9.27. The molecule has 1 heterocycles. The van der Waals surface area contributed by atoms with Gasteiger partial charge in [-0.05, 0) is 17.0 Å². The molecule has 2 aromatic rings. The molecule has 0 saturated carbocycles. The Morgan fingerprint density at radius 3 is 1.79 bits per heavy atom. The molecule has 0 amide bonds. The molecule has 1 saturated heterocycles. The molecule has 2 heteroatoms. The molecule has 19 heavy (non-hydrogen) atoms. The molecule has 2 aromatic carbocycles. The van der Waals surface area contributed by atoms with E-state index in [1.807, 2.05) is 0 Å². The van der Waals surface area contributed by atoms with Gasteiger partial charge in [-0.1, -0.05) is 67.6 Å². The number of hydrogen-bond donors (Lipinski definition) is 1. The van der Waals surface area contributed by atoms with Crippen LogP contribution in [-0.4, -0.2) is 17.6 Å². The van der Waals surface area contributed by atoms with Gasteiger partial charge in [-0.2, -0.15) is 0 Å². The Hall–Kier alpha value is -1.64. The fourth-order valence-corrected chi connectivity index (χ4v) is 2.87. The summed E-state index contributed by atoms with van der Waals surface area (Å²) in [4.78, 5) is 2.38. The van der Waals surface area contributed by atoms with Crippen LogP contribution in [0, 0.1) is 5.92 Å². The fourth-order valence-electron chi connectivity index (χ4n) is 2.87. The van der Waals surface area contributed by atoms with Crippen LogP contribution in [0.5, 0.6) is 0 Å². The van der Waals surface area contributed by atoms with E-state index < -0.39 is 0 Å². The largest absolute Gasteiger partial charge is 0.315 e. The second-order valence-electron chi connectivity index (χ2n) is 5.39. The Bertz CT molecular complexity index is 484. The van der Waals surface area contributed by atoms with E-state index in [1.54, 1.807) is 0 Å². The van der Waals surface area contributed by atoms with Crippen LogP contribution in [0.4, 0.5) is 0 Å². The molecule has 3 rings (SSSR count). The van der Waals surface area contributed by atoms with Crippen LogP contribution < -0.4 is 5.73 Å². The third-order valence-electron chi connectivity index (χ3n) is 4.03. The van der Waals surface area contributed by atoms with Crippen LogP contribution in [0.1, 0.15) is 24.1 Å². The van der Waals surface area contributed by atoms with E-state index in [2.05, 4.69) is 72.5 Å². The summed E-state index contributed by atoms with van der Waals surface area (Å²) in [7, 11) is 0. The van der Waals surface area contributed by atoms with Gasteiger partial charge in [0.05, 0.1) is 12.2 Å². The van der Waals surface area contributed by atoms with Crippen molar-refractivity contribution in [1.29, 1.82) is 0 Å². The van der Waals surface area contributed by atoms with Crippen LogP contribution >= 0.6 is 0 Å². The monoisotopic (exact) mass is 252 g/mol. The van der Waals surface area contributed by atoms with E-state index in [4.69, 9.17) is 5.73 Å². The lowest BCUT2D eigenvalue weighted by Gasteiger charge is -2.49. The van der Waals surface area contributed by atoms with Gasteiger partial charge in [-0.25, -0.2) is 0 Å². The number of likely N-dealkylation sites (tertiary alicyclic amines) is 1. The Morgan fingerprint density at radius 1 is 0.947 bits per heavy atom. The maximum atomic E-state index is 6.27. The Morgan fingerprint density at radius 2 is 1.42 bits per heavy atom. The topological polar surface area (TPSA) is 29.3 Å². The number of nitrogens with two attached hydrogens (primary N) is 1. The molecule has 0 spiro atoms. The van der Waals surface area contributed by atoms with Crippen LogP contribution in [0.25, 0.3) is 0 Å². The number of hydrogen-bond acceptors (Lipinski definition) is 2.